The fourth-order valence-electron chi connectivity index (χ4n) is 2.58. The molecule has 0 bridgehead atoms. The van der Waals surface area contributed by atoms with E-state index in [-0.39, 0.29) is 11.4 Å². The van der Waals surface area contributed by atoms with E-state index in [9.17, 15) is 4.39 Å². The molecule has 0 saturated carbocycles. The Morgan fingerprint density at radius 3 is 2.58 bits per heavy atom. The summed E-state index contributed by atoms with van der Waals surface area (Å²) in [7, 11) is 0. The highest BCUT2D eigenvalue weighted by molar-refractivity contribution is 5.16. The Labute approximate surface area is 116 Å². The molecule has 0 radical (unpaired) electrons. The Balaban J connectivity index is 1.90. The first kappa shape index (κ1) is 14.5. The first-order valence-electron chi connectivity index (χ1n) is 7.17. The Morgan fingerprint density at radius 2 is 1.95 bits per heavy atom. The van der Waals surface area contributed by atoms with E-state index in [1.54, 1.807) is 12.1 Å². The quantitative estimate of drug-likeness (QED) is 0.898. The second-order valence-corrected chi connectivity index (χ2v) is 6.52. The van der Waals surface area contributed by atoms with Gasteiger partial charge >= 0.3 is 0 Å². The molecule has 0 aromatic heterocycles. The first-order valence-corrected chi connectivity index (χ1v) is 7.17. The fraction of sp³-hybridized carbons (Fsp3) is 0.625. The third-order valence-corrected chi connectivity index (χ3v) is 3.67. The lowest BCUT2D eigenvalue weighted by atomic mass is 10.1. The maximum absolute atomic E-state index is 12.9. The Morgan fingerprint density at radius 1 is 1.26 bits per heavy atom. The van der Waals surface area contributed by atoms with Crippen LogP contribution in [0.25, 0.3) is 0 Å². The summed E-state index contributed by atoms with van der Waals surface area (Å²) in [5.74, 6) is -0.156. The molecule has 1 aliphatic heterocycles. The van der Waals surface area contributed by atoms with E-state index in [4.69, 9.17) is 0 Å². The van der Waals surface area contributed by atoms with Crippen LogP contribution in [-0.4, -0.2) is 29.6 Å². The second-order valence-electron chi connectivity index (χ2n) is 6.52. The fourth-order valence-corrected chi connectivity index (χ4v) is 2.58. The predicted octanol–water partition coefficient (Wildman–Crippen LogP) is 3.18. The minimum absolute atomic E-state index is 0.156. The number of hydrogen-bond donors (Lipinski definition) is 1. The summed E-state index contributed by atoms with van der Waals surface area (Å²) in [6.45, 7) is 9.71. The molecule has 2 rings (SSSR count). The van der Waals surface area contributed by atoms with Crippen molar-refractivity contribution in [1.29, 1.82) is 0 Å². The molecule has 1 unspecified atom stereocenters. The lowest BCUT2D eigenvalue weighted by Gasteiger charge is -2.29. The van der Waals surface area contributed by atoms with Crippen molar-refractivity contribution >= 4 is 0 Å². The van der Waals surface area contributed by atoms with E-state index in [0.29, 0.717) is 6.04 Å². The average Bonchev–Trinajstić information content (AvgIpc) is 2.76. The third-order valence-electron chi connectivity index (χ3n) is 3.67. The summed E-state index contributed by atoms with van der Waals surface area (Å²) < 4.78 is 12.9. The number of benzene rings is 1. The zero-order valence-corrected chi connectivity index (χ0v) is 12.2. The molecular formula is C16H25FN2. The molecule has 2 nitrogen and oxygen atoms in total. The molecule has 1 fully saturated rings. The average molecular weight is 264 g/mol. The second kappa shape index (κ2) is 6.02. The smallest absolute Gasteiger partial charge is 0.123 e. The van der Waals surface area contributed by atoms with Crippen molar-refractivity contribution in [3.05, 3.63) is 35.6 Å². The van der Waals surface area contributed by atoms with Gasteiger partial charge in [0.25, 0.3) is 0 Å². The number of hydrogen-bond acceptors (Lipinski definition) is 2. The monoisotopic (exact) mass is 264 g/mol. The molecule has 1 aromatic rings. The van der Waals surface area contributed by atoms with Gasteiger partial charge in [0.05, 0.1) is 0 Å². The van der Waals surface area contributed by atoms with Crippen molar-refractivity contribution in [2.45, 2.75) is 51.7 Å². The summed E-state index contributed by atoms with van der Waals surface area (Å²) in [5, 5.41) is 3.59. The maximum atomic E-state index is 12.9. The number of halogens is 1. The SMILES string of the molecule is CC(C)(C)NCC1CCCN1Cc1ccc(F)cc1. The Hall–Kier alpha value is -0.930. The molecule has 1 heterocycles. The van der Waals surface area contributed by atoms with Gasteiger partial charge < -0.3 is 5.32 Å². The highest BCUT2D eigenvalue weighted by atomic mass is 19.1. The number of nitrogens with one attached hydrogen (secondary N) is 1. The molecule has 1 N–H and O–H groups in total. The minimum atomic E-state index is -0.156. The highest BCUT2D eigenvalue weighted by Crippen LogP contribution is 2.20. The van der Waals surface area contributed by atoms with Crippen LogP contribution >= 0.6 is 0 Å². The number of rotatable bonds is 4. The van der Waals surface area contributed by atoms with Gasteiger partial charge in [-0.15, -0.1) is 0 Å². The molecule has 1 atom stereocenters. The normalized spacial score (nSPS) is 20.9. The van der Waals surface area contributed by atoms with Gasteiger partial charge in [-0.2, -0.15) is 0 Å². The van der Waals surface area contributed by atoms with Crippen molar-refractivity contribution in [3.63, 3.8) is 0 Å². The first-order chi connectivity index (χ1) is 8.94. The Kier molecular flexibility index (Phi) is 4.58. The van der Waals surface area contributed by atoms with Crippen molar-refractivity contribution < 1.29 is 4.39 Å². The minimum Gasteiger partial charge on any atom is -0.311 e. The number of likely N-dealkylation sites (tertiary alicyclic amines) is 1. The van der Waals surface area contributed by atoms with E-state index in [0.717, 1.165) is 19.6 Å². The third kappa shape index (κ3) is 4.59. The van der Waals surface area contributed by atoms with Gasteiger partial charge in [0.2, 0.25) is 0 Å². The van der Waals surface area contributed by atoms with Crippen LogP contribution in [0, 0.1) is 5.82 Å². The largest absolute Gasteiger partial charge is 0.311 e. The summed E-state index contributed by atoms with van der Waals surface area (Å²) in [6.07, 6.45) is 2.52. The van der Waals surface area contributed by atoms with Crippen molar-refractivity contribution in [3.8, 4) is 0 Å². The molecule has 1 saturated heterocycles. The molecule has 0 aliphatic carbocycles. The van der Waals surface area contributed by atoms with E-state index in [1.165, 1.54) is 18.4 Å². The lowest BCUT2D eigenvalue weighted by Crippen LogP contribution is -2.44. The lowest BCUT2D eigenvalue weighted by molar-refractivity contribution is 0.226. The zero-order valence-electron chi connectivity index (χ0n) is 12.2. The van der Waals surface area contributed by atoms with Crippen LogP contribution in [0.1, 0.15) is 39.2 Å². The van der Waals surface area contributed by atoms with Gasteiger partial charge in [-0.25, -0.2) is 4.39 Å². The van der Waals surface area contributed by atoms with Crippen LogP contribution < -0.4 is 5.32 Å². The predicted molar refractivity (Wildman–Crippen MR) is 77.6 cm³/mol. The van der Waals surface area contributed by atoms with Crippen molar-refractivity contribution in [2.24, 2.45) is 0 Å². The van der Waals surface area contributed by atoms with Gasteiger partial charge in [0.15, 0.2) is 0 Å². The maximum Gasteiger partial charge on any atom is 0.123 e. The molecule has 1 aliphatic rings. The molecule has 0 amide bonds. The van der Waals surface area contributed by atoms with Crippen LogP contribution in [0.4, 0.5) is 4.39 Å². The van der Waals surface area contributed by atoms with Crippen LogP contribution in [-0.2, 0) is 6.54 Å². The van der Waals surface area contributed by atoms with Gasteiger partial charge in [-0.1, -0.05) is 12.1 Å². The molecule has 0 spiro atoms. The van der Waals surface area contributed by atoms with Crippen LogP contribution in [0.2, 0.25) is 0 Å². The van der Waals surface area contributed by atoms with E-state index < -0.39 is 0 Å². The zero-order chi connectivity index (χ0) is 13.9. The molecule has 3 heteroatoms. The van der Waals surface area contributed by atoms with Crippen molar-refractivity contribution in [2.75, 3.05) is 13.1 Å². The van der Waals surface area contributed by atoms with E-state index >= 15 is 0 Å². The van der Waals surface area contributed by atoms with Gasteiger partial charge in [0, 0.05) is 24.7 Å². The van der Waals surface area contributed by atoms with E-state index in [2.05, 4.69) is 31.0 Å². The van der Waals surface area contributed by atoms with Crippen LogP contribution in [0.3, 0.4) is 0 Å². The van der Waals surface area contributed by atoms with Crippen LogP contribution in [0.15, 0.2) is 24.3 Å². The molecule has 106 valence electrons. The summed E-state index contributed by atoms with van der Waals surface area (Å²) >= 11 is 0. The highest BCUT2D eigenvalue weighted by Gasteiger charge is 2.25. The summed E-state index contributed by atoms with van der Waals surface area (Å²) in [5.41, 5.74) is 1.37. The van der Waals surface area contributed by atoms with E-state index in [1.807, 2.05) is 12.1 Å². The van der Waals surface area contributed by atoms with Gasteiger partial charge in [0.1, 0.15) is 5.82 Å². The summed E-state index contributed by atoms with van der Waals surface area (Å²) in [4.78, 5) is 2.51. The van der Waals surface area contributed by atoms with Gasteiger partial charge in [-0.05, 0) is 57.9 Å². The van der Waals surface area contributed by atoms with Crippen molar-refractivity contribution in [1.82, 2.24) is 10.2 Å². The molecule has 1 aromatic carbocycles. The topological polar surface area (TPSA) is 15.3 Å². The standard InChI is InChI=1S/C16H25FN2/c1-16(2,3)18-11-15-5-4-10-19(15)12-13-6-8-14(17)9-7-13/h6-9,15,18H,4-5,10-12H2,1-3H3. The van der Waals surface area contributed by atoms with Crippen LogP contribution in [0.5, 0.6) is 0 Å². The van der Waals surface area contributed by atoms with Gasteiger partial charge in [-0.3, -0.25) is 4.90 Å². The Bertz CT molecular complexity index is 394. The summed E-state index contributed by atoms with van der Waals surface area (Å²) in [6, 6.07) is 7.48. The molecule has 19 heavy (non-hydrogen) atoms. The molecular weight excluding hydrogens is 239 g/mol. The number of nitrogens with zero attached hydrogens (tertiary/aromatic N) is 1.